The number of phosphoric acid groups is 1. The Labute approximate surface area is 284 Å². The van der Waals surface area contributed by atoms with Crippen molar-refractivity contribution >= 4 is 64.0 Å². The van der Waals surface area contributed by atoms with Crippen LogP contribution in [0.5, 0.6) is 5.75 Å². The molecule has 7 N–H and O–H groups in total. The van der Waals surface area contributed by atoms with Crippen molar-refractivity contribution in [3.63, 3.8) is 0 Å². The second kappa shape index (κ2) is 14.9. The van der Waals surface area contributed by atoms with Crippen LogP contribution in [0.4, 0.5) is 11.6 Å². The maximum absolute atomic E-state index is 12.7. The third-order valence-corrected chi connectivity index (χ3v) is 9.57. The van der Waals surface area contributed by atoms with Crippen molar-refractivity contribution in [1.29, 1.82) is 0 Å². The maximum atomic E-state index is 12.7. The predicted octanol–water partition coefficient (Wildman–Crippen LogP) is 3.74. The van der Waals surface area contributed by atoms with E-state index in [0.29, 0.717) is 30.2 Å². The number of aromatic amines is 1. The molecule has 0 radical (unpaired) electrons. The van der Waals surface area contributed by atoms with Crippen molar-refractivity contribution in [1.82, 2.24) is 24.5 Å². The van der Waals surface area contributed by atoms with Gasteiger partial charge in [0.1, 0.15) is 18.1 Å². The number of rotatable bonds is 15. The molecule has 5 aromatic rings. The Morgan fingerprint density at radius 1 is 1.18 bits per heavy atom. The molecule has 2 unspecified atom stereocenters. The molecule has 262 valence electrons. The summed E-state index contributed by atoms with van der Waals surface area (Å²) >= 11 is 6.23. The van der Waals surface area contributed by atoms with Crippen LogP contribution in [0.2, 0.25) is 5.02 Å². The van der Waals surface area contributed by atoms with E-state index in [2.05, 4.69) is 20.3 Å². The number of benzene rings is 2. The summed E-state index contributed by atoms with van der Waals surface area (Å²) in [4.78, 5) is 37.6. The van der Waals surface area contributed by atoms with Crippen LogP contribution in [-0.2, 0) is 18.3 Å². The zero-order valence-electron chi connectivity index (χ0n) is 26.5. The van der Waals surface area contributed by atoms with E-state index in [-0.39, 0.29) is 36.7 Å². The molecule has 1 saturated heterocycles. The number of ether oxygens (including phenoxy) is 2. The largest absolute Gasteiger partial charge is 0.497 e. The van der Waals surface area contributed by atoms with Gasteiger partial charge in [-0.3, -0.25) is 23.4 Å². The van der Waals surface area contributed by atoms with Gasteiger partial charge in [0.25, 0.3) is 5.56 Å². The lowest BCUT2D eigenvalue weighted by atomic mass is 10.0. The molecular weight excluding hydrogens is 681 g/mol. The van der Waals surface area contributed by atoms with Crippen molar-refractivity contribution in [2.45, 2.75) is 44.1 Å². The van der Waals surface area contributed by atoms with Crippen molar-refractivity contribution in [3.05, 3.63) is 58.1 Å². The highest BCUT2D eigenvalue weighted by Crippen LogP contribution is 2.45. The van der Waals surface area contributed by atoms with Gasteiger partial charge < -0.3 is 35.6 Å². The Morgan fingerprint density at radius 2 is 2.02 bits per heavy atom. The van der Waals surface area contributed by atoms with Crippen LogP contribution in [0.25, 0.3) is 33.0 Å². The van der Waals surface area contributed by atoms with Crippen LogP contribution in [-0.4, -0.2) is 85.3 Å². The minimum absolute atomic E-state index is 0.0535. The van der Waals surface area contributed by atoms with Gasteiger partial charge >= 0.3 is 7.82 Å². The molecule has 2 aromatic carbocycles. The highest BCUT2D eigenvalue weighted by molar-refractivity contribution is 7.47. The van der Waals surface area contributed by atoms with E-state index < -0.39 is 44.3 Å². The number of aromatic nitrogens is 5. The summed E-state index contributed by atoms with van der Waals surface area (Å²) in [5.41, 5.74) is 7.84. The molecule has 5 atom stereocenters. The first-order chi connectivity index (χ1) is 23.5. The summed E-state index contributed by atoms with van der Waals surface area (Å²) in [6, 6.07) is 11.3. The first kappa shape index (κ1) is 35.0. The van der Waals surface area contributed by atoms with Crippen LogP contribution in [0, 0.1) is 5.92 Å². The number of halogens is 1. The number of nitrogens with one attached hydrogen (secondary N) is 2. The molecule has 1 aliphatic heterocycles. The summed E-state index contributed by atoms with van der Waals surface area (Å²) in [5.74, 6) is 0.200. The Balaban J connectivity index is 0.977. The third-order valence-electron chi connectivity index (χ3n) is 8.38. The smallest absolute Gasteiger partial charge is 0.472 e. The van der Waals surface area contributed by atoms with Gasteiger partial charge in [-0.2, -0.15) is 4.98 Å². The molecule has 1 fully saturated rings. The summed E-state index contributed by atoms with van der Waals surface area (Å²) < 4.78 is 35.7. The Kier molecular flexibility index (Phi) is 10.7. The predicted molar refractivity (Wildman–Crippen MR) is 183 cm³/mol. The number of imidazole rings is 1. The molecule has 0 amide bonds. The fraction of sp³-hybridized carbons (Fsp3) is 0.419. The molecule has 1 aliphatic rings. The topological polar surface area (TPSA) is 229 Å². The van der Waals surface area contributed by atoms with Crippen LogP contribution in [0.1, 0.15) is 31.9 Å². The molecule has 0 bridgehead atoms. The van der Waals surface area contributed by atoms with Crippen molar-refractivity contribution in [2.75, 3.05) is 44.5 Å². The molecule has 16 nitrogen and oxygen atoms in total. The fourth-order valence-electron chi connectivity index (χ4n) is 5.81. The number of hydrogen-bond donors (Lipinski definition) is 6. The summed E-state index contributed by atoms with van der Waals surface area (Å²) in [6.07, 6.45) is 0.610. The molecule has 0 spiro atoms. The second-order valence-electron chi connectivity index (χ2n) is 11.8. The molecule has 4 heterocycles. The number of pyridine rings is 1. The van der Waals surface area contributed by atoms with Gasteiger partial charge in [0.05, 0.1) is 49.5 Å². The van der Waals surface area contributed by atoms with Gasteiger partial charge in [-0.1, -0.05) is 18.0 Å². The van der Waals surface area contributed by atoms with E-state index in [1.165, 1.54) is 10.9 Å². The van der Waals surface area contributed by atoms with E-state index in [1.807, 2.05) is 36.4 Å². The van der Waals surface area contributed by atoms with Crippen LogP contribution in [0.3, 0.4) is 0 Å². The average Bonchev–Trinajstić information content (AvgIpc) is 3.67. The van der Waals surface area contributed by atoms with E-state index in [4.69, 9.17) is 40.8 Å². The number of anilines is 2. The number of aliphatic hydroxyl groups is 2. The zero-order chi connectivity index (χ0) is 34.7. The summed E-state index contributed by atoms with van der Waals surface area (Å²) in [7, 11) is -2.93. The molecule has 0 aliphatic carbocycles. The van der Waals surface area contributed by atoms with Gasteiger partial charge in [-0.25, -0.2) is 14.5 Å². The zero-order valence-corrected chi connectivity index (χ0v) is 28.1. The first-order valence-corrected chi connectivity index (χ1v) is 17.5. The van der Waals surface area contributed by atoms with Crippen molar-refractivity contribution in [2.24, 2.45) is 5.92 Å². The average molecular weight is 718 g/mol. The minimum Gasteiger partial charge on any atom is -0.497 e. The highest BCUT2D eigenvalue weighted by Gasteiger charge is 2.38. The lowest BCUT2D eigenvalue weighted by Gasteiger charge is -2.20. The third kappa shape index (κ3) is 7.97. The van der Waals surface area contributed by atoms with E-state index in [9.17, 15) is 24.5 Å². The lowest BCUT2D eigenvalue weighted by molar-refractivity contribution is -0.0445. The van der Waals surface area contributed by atoms with E-state index in [0.717, 1.165) is 33.9 Å². The lowest BCUT2D eigenvalue weighted by Crippen LogP contribution is -2.26. The highest BCUT2D eigenvalue weighted by atomic mass is 35.5. The summed E-state index contributed by atoms with van der Waals surface area (Å²) in [6.45, 7) is -0.286. The number of nitrogens with two attached hydrogens (primary N) is 1. The second-order valence-corrected chi connectivity index (χ2v) is 13.7. The fourth-order valence-corrected chi connectivity index (χ4v) is 6.78. The van der Waals surface area contributed by atoms with Gasteiger partial charge in [0.15, 0.2) is 11.2 Å². The van der Waals surface area contributed by atoms with Gasteiger partial charge in [-0.15, -0.1) is 0 Å². The molecular formula is C31H37ClN7O9P. The van der Waals surface area contributed by atoms with Crippen LogP contribution in [0.15, 0.2) is 47.5 Å². The molecule has 18 heteroatoms. The Hall–Kier alpha value is -3.86. The number of H-pyrrole nitrogens is 1. The number of nitrogen functional groups attached to an aromatic ring is 1. The van der Waals surface area contributed by atoms with E-state index >= 15 is 0 Å². The number of hydrogen-bond acceptors (Lipinski definition) is 13. The number of nitrogens with zero attached hydrogens (tertiary/aromatic N) is 4. The number of unbranched alkanes of at least 4 members (excludes halogenated alkanes) is 1. The monoisotopic (exact) mass is 717 g/mol. The number of methoxy groups -OCH3 is 1. The molecule has 49 heavy (non-hydrogen) atoms. The molecule has 6 rings (SSSR count). The maximum Gasteiger partial charge on any atom is 0.472 e. The van der Waals surface area contributed by atoms with Crippen LogP contribution < -0.4 is 21.3 Å². The quantitative estimate of drug-likeness (QED) is 0.0515. The van der Waals surface area contributed by atoms with E-state index in [1.54, 1.807) is 7.11 Å². The standard InChI is InChI=1S/C31H37ClN7O9P/c1-45-19-6-8-22-21(11-19)27(20-7-5-18(32)10-23(20)36-22)34-9-3-2-4-17(13-40)14-46-49(43,44)47-15-25-24(41)12-26(48-25)39-16-35-28-29(39)37-31(33)38-30(28)42/h5-8,10-11,16-17,24-26,40-41H,2-4,9,12-15H2,1H3,(H,34,36)(H,43,44)(H3,33,37,38,42)/t17?,24-,25+,26+/m0/s1. The van der Waals surface area contributed by atoms with Crippen LogP contribution >= 0.6 is 19.4 Å². The number of aliphatic hydroxyl groups excluding tert-OH is 2. The number of phosphoric ester groups is 1. The normalized spacial score (nSPS) is 19.8. The van der Waals surface area contributed by atoms with Gasteiger partial charge in [0.2, 0.25) is 5.95 Å². The van der Waals surface area contributed by atoms with Gasteiger partial charge in [0, 0.05) is 41.3 Å². The molecule has 0 saturated carbocycles. The van der Waals surface area contributed by atoms with Crippen molar-refractivity contribution in [3.8, 4) is 5.75 Å². The SMILES string of the molecule is COc1ccc2nc3cc(Cl)ccc3c(NCCCCC(CO)COP(=O)(O)OC[C@H]3O[C@@H](n4cnc5c(=O)[nH]c(N)nc54)C[C@@H]3O)c2c1. The molecule has 3 aromatic heterocycles. The summed E-state index contributed by atoms with van der Waals surface area (Å²) in [5, 5.41) is 26.4. The minimum atomic E-state index is -4.55. The number of fused-ring (bicyclic) bond motifs is 3. The first-order valence-electron chi connectivity index (χ1n) is 15.6. The Bertz CT molecular complexity index is 2060. The van der Waals surface area contributed by atoms with Gasteiger partial charge in [-0.05, 0) is 49.2 Å². The Morgan fingerprint density at radius 3 is 2.82 bits per heavy atom. The van der Waals surface area contributed by atoms with Crippen molar-refractivity contribution < 1.29 is 38.2 Å².